The van der Waals surface area contributed by atoms with Gasteiger partial charge >= 0.3 is 6.36 Å². The highest BCUT2D eigenvalue weighted by atomic mass is 35.5. The van der Waals surface area contributed by atoms with Crippen molar-refractivity contribution in [3.8, 4) is 0 Å². The molecule has 3 N–H and O–H groups in total. The molecule has 0 aromatic heterocycles. The summed E-state index contributed by atoms with van der Waals surface area (Å²) in [4.78, 5) is 38.0. The van der Waals surface area contributed by atoms with Gasteiger partial charge in [-0.15, -0.1) is 36.4 Å². The summed E-state index contributed by atoms with van der Waals surface area (Å²) in [6.45, 7) is 0.708. The van der Waals surface area contributed by atoms with Gasteiger partial charge in [0.2, 0.25) is 5.91 Å². The van der Waals surface area contributed by atoms with Crippen LogP contribution in [-0.2, 0) is 14.3 Å². The normalized spacial score (nSPS) is 17.9. The van der Waals surface area contributed by atoms with Crippen LogP contribution in [0.15, 0.2) is 48.5 Å². The summed E-state index contributed by atoms with van der Waals surface area (Å²) in [5, 5.41) is 5.96. The first kappa shape index (κ1) is 33.7. The van der Waals surface area contributed by atoms with E-state index >= 15 is 4.39 Å². The van der Waals surface area contributed by atoms with Gasteiger partial charge in [0.15, 0.2) is 5.82 Å². The number of nitrogens with one attached hydrogen (secondary N) is 3. The number of amides is 3. The van der Waals surface area contributed by atoms with E-state index in [-0.39, 0.29) is 21.3 Å². The summed E-state index contributed by atoms with van der Waals surface area (Å²) in [7, 11) is 0. The SMILES string of the molecule is CC(OC(F)(F)F)C(=O)Nc1c(F)ccc(NC(=O)c2cc(NC(=O)C3[C@H](c4ccc(F)c(Cl)c4)C3(Cl)Cl)ccc2Cl)c1F. The second kappa shape index (κ2) is 12.6. The summed E-state index contributed by atoms with van der Waals surface area (Å²) in [5.74, 6) is -8.51. The third-order valence-electron chi connectivity index (χ3n) is 6.38. The van der Waals surface area contributed by atoms with E-state index in [0.717, 1.165) is 18.2 Å². The van der Waals surface area contributed by atoms with E-state index in [1.54, 1.807) is 5.32 Å². The summed E-state index contributed by atoms with van der Waals surface area (Å²) in [6, 6.07) is 8.92. The number of hydrogen-bond donors (Lipinski definition) is 3. The molecule has 0 saturated heterocycles. The lowest BCUT2D eigenvalue weighted by Crippen LogP contribution is -2.33. The van der Waals surface area contributed by atoms with Gasteiger partial charge in [-0.2, -0.15) is 0 Å². The Labute approximate surface area is 264 Å². The highest BCUT2D eigenvalue weighted by Gasteiger charge is 2.67. The van der Waals surface area contributed by atoms with Crippen LogP contribution in [0.5, 0.6) is 0 Å². The van der Waals surface area contributed by atoms with E-state index in [1.165, 1.54) is 24.3 Å². The number of alkyl halides is 5. The lowest BCUT2D eigenvalue weighted by Gasteiger charge is -2.17. The molecule has 1 aliphatic rings. The number of halogens is 10. The number of carbonyl (C=O) groups is 3. The molecule has 2 unspecified atom stereocenters. The molecule has 234 valence electrons. The Hall–Kier alpha value is -3.23. The Balaban J connectivity index is 1.49. The molecule has 44 heavy (non-hydrogen) atoms. The Morgan fingerprint density at radius 3 is 2.18 bits per heavy atom. The predicted molar refractivity (Wildman–Crippen MR) is 152 cm³/mol. The van der Waals surface area contributed by atoms with Crippen LogP contribution in [-0.4, -0.2) is 34.5 Å². The van der Waals surface area contributed by atoms with Crippen LogP contribution in [0.2, 0.25) is 10.0 Å². The summed E-state index contributed by atoms with van der Waals surface area (Å²) >= 11 is 24.6. The molecular formula is C27H17Cl4F6N3O4. The summed E-state index contributed by atoms with van der Waals surface area (Å²) in [6.07, 6.45) is -7.35. The number of benzene rings is 3. The fraction of sp³-hybridized carbons (Fsp3) is 0.222. The first-order valence-electron chi connectivity index (χ1n) is 12.2. The summed E-state index contributed by atoms with van der Waals surface area (Å²) < 4.78 is 82.0. The third-order valence-corrected chi connectivity index (χ3v) is 7.94. The van der Waals surface area contributed by atoms with Gasteiger partial charge in [-0.1, -0.05) is 29.3 Å². The van der Waals surface area contributed by atoms with Gasteiger partial charge in [0.05, 0.1) is 27.2 Å². The van der Waals surface area contributed by atoms with Crippen molar-refractivity contribution in [1.82, 2.24) is 0 Å². The molecule has 3 aromatic carbocycles. The van der Waals surface area contributed by atoms with Crippen molar-refractivity contribution in [3.05, 3.63) is 87.2 Å². The number of carbonyl (C=O) groups excluding carboxylic acids is 3. The Morgan fingerprint density at radius 2 is 1.55 bits per heavy atom. The quantitative estimate of drug-likeness (QED) is 0.164. The first-order valence-corrected chi connectivity index (χ1v) is 13.7. The van der Waals surface area contributed by atoms with Gasteiger partial charge in [-0.05, 0) is 55.0 Å². The highest BCUT2D eigenvalue weighted by molar-refractivity contribution is 6.53. The molecule has 1 fully saturated rings. The van der Waals surface area contributed by atoms with Crippen LogP contribution in [0.3, 0.4) is 0 Å². The maximum atomic E-state index is 15.0. The van der Waals surface area contributed by atoms with Crippen LogP contribution in [0.25, 0.3) is 0 Å². The van der Waals surface area contributed by atoms with E-state index < -0.39 is 75.2 Å². The second-order valence-electron chi connectivity index (χ2n) is 9.42. The molecule has 0 heterocycles. The molecular weight excluding hydrogens is 686 g/mol. The van der Waals surface area contributed by atoms with Crippen LogP contribution >= 0.6 is 46.4 Å². The van der Waals surface area contributed by atoms with E-state index in [9.17, 15) is 36.3 Å². The first-order chi connectivity index (χ1) is 20.4. The molecule has 1 saturated carbocycles. The molecule has 3 aromatic rings. The van der Waals surface area contributed by atoms with E-state index in [1.807, 2.05) is 0 Å². The minimum Gasteiger partial charge on any atom is -0.326 e. The second-order valence-corrected chi connectivity index (χ2v) is 11.7. The van der Waals surface area contributed by atoms with Gasteiger partial charge in [-0.25, -0.2) is 13.2 Å². The van der Waals surface area contributed by atoms with Crippen molar-refractivity contribution in [3.63, 3.8) is 0 Å². The highest BCUT2D eigenvalue weighted by Crippen LogP contribution is 2.65. The molecule has 0 aliphatic heterocycles. The largest absolute Gasteiger partial charge is 0.523 e. The smallest absolute Gasteiger partial charge is 0.326 e. The van der Waals surface area contributed by atoms with Crippen molar-refractivity contribution in [2.24, 2.45) is 5.92 Å². The Bertz CT molecular complexity index is 1660. The van der Waals surface area contributed by atoms with E-state index in [0.29, 0.717) is 18.6 Å². The monoisotopic (exact) mass is 701 g/mol. The average molecular weight is 703 g/mol. The Kier molecular flexibility index (Phi) is 9.67. The zero-order chi connectivity index (χ0) is 32.7. The van der Waals surface area contributed by atoms with Crippen molar-refractivity contribution < 1.29 is 45.5 Å². The van der Waals surface area contributed by atoms with Gasteiger partial charge < -0.3 is 16.0 Å². The average Bonchev–Trinajstić information content (AvgIpc) is 3.51. The fourth-order valence-electron chi connectivity index (χ4n) is 4.20. The topological polar surface area (TPSA) is 96.5 Å². The molecule has 0 bridgehead atoms. The van der Waals surface area contributed by atoms with Crippen molar-refractivity contribution in [2.45, 2.75) is 29.6 Å². The number of hydrogen-bond acceptors (Lipinski definition) is 4. The molecule has 4 rings (SSSR count). The van der Waals surface area contributed by atoms with Crippen molar-refractivity contribution in [2.75, 3.05) is 16.0 Å². The molecule has 1 aliphatic carbocycles. The van der Waals surface area contributed by atoms with E-state index in [4.69, 9.17) is 46.4 Å². The number of ether oxygens (including phenoxy) is 1. The third kappa shape index (κ3) is 7.35. The van der Waals surface area contributed by atoms with Crippen LogP contribution in [0, 0.1) is 23.4 Å². The predicted octanol–water partition coefficient (Wildman–Crippen LogP) is 8.05. The van der Waals surface area contributed by atoms with Crippen molar-refractivity contribution in [1.29, 1.82) is 0 Å². The zero-order valence-corrected chi connectivity index (χ0v) is 24.8. The van der Waals surface area contributed by atoms with Gasteiger partial charge in [0, 0.05) is 11.6 Å². The fourth-order valence-corrected chi connectivity index (χ4v) is 5.42. The van der Waals surface area contributed by atoms with Crippen LogP contribution in [0.4, 0.5) is 43.4 Å². The lowest BCUT2D eigenvalue weighted by atomic mass is 10.1. The van der Waals surface area contributed by atoms with Crippen LogP contribution in [0.1, 0.15) is 28.8 Å². The van der Waals surface area contributed by atoms with Crippen LogP contribution < -0.4 is 16.0 Å². The van der Waals surface area contributed by atoms with E-state index in [2.05, 4.69) is 15.4 Å². The molecule has 3 amide bonds. The Morgan fingerprint density at radius 1 is 0.886 bits per heavy atom. The minimum absolute atomic E-state index is 0.0441. The van der Waals surface area contributed by atoms with Crippen molar-refractivity contribution >= 4 is 81.2 Å². The van der Waals surface area contributed by atoms with Gasteiger partial charge in [0.1, 0.15) is 27.8 Å². The van der Waals surface area contributed by atoms with Gasteiger partial charge in [0.25, 0.3) is 11.8 Å². The molecule has 7 nitrogen and oxygen atoms in total. The number of rotatable bonds is 8. The molecule has 0 spiro atoms. The molecule has 3 atom stereocenters. The standard InChI is InChI=1S/C27H17Cl4F6N3O4/c1-10(44-27(35,36)37)23(41)40-22-17(33)6-7-18(21(22)34)39-24(42)13-9-12(3-4-14(13)28)38-25(43)20-19(26(20,30)31)11-2-5-16(32)15(29)8-11/h2-10,19-20H,1H3,(H,38,43)(H,39,42)(H,40,41)/t10?,19-,20?/m0/s1. The lowest BCUT2D eigenvalue weighted by molar-refractivity contribution is -0.335. The minimum atomic E-state index is -5.19. The maximum absolute atomic E-state index is 15.0. The van der Waals surface area contributed by atoms with Gasteiger partial charge in [-0.3, -0.25) is 19.1 Å². The maximum Gasteiger partial charge on any atom is 0.523 e. The number of anilines is 3. The molecule has 17 heteroatoms. The zero-order valence-electron chi connectivity index (χ0n) is 21.8. The summed E-state index contributed by atoms with van der Waals surface area (Å²) in [5.41, 5.74) is -1.65. The molecule has 0 radical (unpaired) electrons.